The highest BCUT2D eigenvalue weighted by Gasteiger charge is 2.12. The number of carbonyl (C=O) groups is 1. The molecule has 0 saturated heterocycles. The van der Waals surface area contributed by atoms with Crippen LogP contribution >= 0.6 is 11.3 Å². The SMILES string of the molecule is CCS(=O)(=O)CCNC(=O)c1csc(CN)n1. The Kier molecular flexibility index (Phi) is 5.03. The summed E-state index contributed by atoms with van der Waals surface area (Å²) >= 11 is 1.31. The van der Waals surface area contributed by atoms with Crippen molar-refractivity contribution in [2.45, 2.75) is 13.5 Å². The van der Waals surface area contributed by atoms with Crippen LogP contribution in [0.1, 0.15) is 22.4 Å². The quantitative estimate of drug-likeness (QED) is 0.747. The molecule has 0 unspecified atom stereocenters. The third-order valence-corrected chi connectivity index (χ3v) is 4.67. The van der Waals surface area contributed by atoms with Gasteiger partial charge in [0.1, 0.15) is 10.7 Å². The van der Waals surface area contributed by atoms with Crippen molar-refractivity contribution in [2.24, 2.45) is 5.73 Å². The predicted octanol–water partition coefficient (Wildman–Crippen LogP) is -0.234. The first kappa shape index (κ1) is 14.1. The highest BCUT2D eigenvalue weighted by Crippen LogP contribution is 2.08. The van der Waals surface area contributed by atoms with E-state index in [0.29, 0.717) is 11.6 Å². The molecule has 0 radical (unpaired) electrons. The number of sulfone groups is 1. The second-order valence-electron chi connectivity index (χ2n) is 3.32. The van der Waals surface area contributed by atoms with Crippen LogP contribution in [0.15, 0.2) is 5.38 Å². The lowest BCUT2D eigenvalue weighted by Crippen LogP contribution is -2.29. The summed E-state index contributed by atoms with van der Waals surface area (Å²) in [6, 6.07) is 0. The summed E-state index contributed by atoms with van der Waals surface area (Å²) in [4.78, 5) is 15.5. The van der Waals surface area contributed by atoms with Crippen molar-refractivity contribution in [3.63, 3.8) is 0 Å². The Hall–Kier alpha value is -0.990. The zero-order valence-corrected chi connectivity index (χ0v) is 11.1. The van der Waals surface area contributed by atoms with E-state index in [0.717, 1.165) is 0 Å². The molecule has 0 aliphatic rings. The number of thiazole rings is 1. The van der Waals surface area contributed by atoms with E-state index < -0.39 is 9.84 Å². The molecule has 96 valence electrons. The zero-order chi connectivity index (χ0) is 12.9. The summed E-state index contributed by atoms with van der Waals surface area (Å²) in [5.74, 6) is -0.340. The van der Waals surface area contributed by atoms with E-state index in [9.17, 15) is 13.2 Å². The number of carbonyl (C=O) groups excluding carboxylic acids is 1. The first-order valence-electron chi connectivity index (χ1n) is 5.11. The van der Waals surface area contributed by atoms with Gasteiger partial charge in [-0.2, -0.15) is 0 Å². The maximum atomic E-state index is 11.5. The van der Waals surface area contributed by atoms with Gasteiger partial charge in [-0.1, -0.05) is 6.92 Å². The molecule has 0 saturated carbocycles. The molecule has 6 nitrogen and oxygen atoms in total. The molecule has 0 bridgehead atoms. The third-order valence-electron chi connectivity index (χ3n) is 2.10. The summed E-state index contributed by atoms with van der Waals surface area (Å²) in [6.07, 6.45) is 0. The van der Waals surface area contributed by atoms with Gasteiger partial charge in [0, 0.05) is 24.2 Å². The lowest BCUT2D eigenvalue weighted by Gasteiger charge is -2.02. The van der Waals surface area contributed by atoms with Gasteiger partial charge in [-0.15, -0.1) is 11.3 Å². The molecule has 8 heteroatoms. The second kappa shape index (κ2) is 6.08. The van der Waals surface area contributed by atoms with Crippen LogP contribution in [0.5, 0.6) is 0 Å². The minimum Gasteiger partial charge on any atom is -0.350 e. The maximum Gasteiger partial charge on any atom is 0.270 e. The van der Waals surface area contributed by atoms with Crippen molar-refractivity contribution >= 4 is 27.1 Å². The van der Waals surface area contributed by atoms with Gasteiger partial charge in [0.15, 0.2) is 9.84 Å². The molecule has 1 heterocycles. The molecule has 17 heavy (non-hydrogen) atoms. The summed E-state index contributed by atoms with van der Waals surface area (Å²) in [5.41, 5.74) is 5.66. The Morgan fingerprint density at radius 2 is 2.29 bits per heavy atom. The first-order chi connectivity index (χ1) is 7.98. The topological polar surface area (TPSA) is 102 Å². The Bertz CT molecular complexity index is 481. The summed E-state index contributed by atoms with van der Waals surface area (Å²) in [5, 5.41) is 4.79. The number of nitrogens with two attached hydrogens (primary N) is 1. The third kappa shape index (κ3) is 4.41. The molecule has 3 N–H and O–H groups in total. The highest BCUT2D eigenvalue weighted by molar-refractivity contribution is 7.91. The molecular weight excluding hydrogens is 262 g/mol. The van der Waals surface area contributed by atoms with Crippen LogP contribution in [0.4, 0.5) is 0 Å². The Morgan fingerprint density at radius 3 is 2.82 bits per heavy atom. The molecule has 0 fully saturated rings. The molecule has 0 aromatic carbocycles. The lowest BCUT2D eigenvalue weighted by molar-refractivity contribution is 0.0951. The molecule has 1 aromatic heterocycles. The molecule has 0 aliphatic carbocycles. The average molecular weight is 277 g/mol. The fourth-order valence-corrected chi connectivity index (χ4v) is 2.42. The molecule has 1 aromatic rings. The van der Waals surface area contributed by atoms with E-state index in [4.69, 9.17) is 5.73 Å². The number of nitrogens with zero attached hydrogens (tertiary/aromatic N) is 1. The van der Waals surface area contributed by atoms with Gasteiger partial charge in [-0.3, -0.25) is 4.79 Å². The summed E-state index contributed by atoms with van der Waals surface area (Å²) in [7, 11) is -3.05. The molecular formula is C9H15N3O3S2. The van der Waals surface area contributed by atoms with E-state index >= 15 is 0 Å². The van der Waals surface area contributed by atoms with Crippen molar-refractivity contribution in [3.05, 3.63) is 16.1 Å². The van der Waals surface area contributed by atoms with Crippen LogP contribution in [0.3, 0.4) is 0 Å². The van der Waals surface area contributed by atoms with Gasteiger partial charge in [0.2, 0.25) is 0 Å². The van der Waals surface area contributed by atoms with Gasteiger partial charge < -0.3 is 11.1 Å². The largest absolute Gasteiger partial charge is 0.350 e. The standard InChI is InChI=1S/C9H15N3O3S2/c1-2-17(14,15)4-3-11-9(13)7-6-16-8(5-10)12-7/h6H,2-5,10H2,1H3,(H,11,13). The number of hydrogen-bond acceptors (Lipinski definition) is 6. The second-order valence-corrected chi connectivity index (χ2v) is 6.74. The van der Waals surface area contributed by atoms with Crippen molar-refractivity contribution < 1.29 is 13.2 Å². The van der Waals surface area contributed by atoms with Crippen molar-refractivity contribution in [3.8, 4) is 0 Å². The van der Waals surface area contributed by atoms with Crippen LogP contribution in [-0.2, 0) is 16.4 Å². The van der Waals surface area contributed by atoms with Gasteiger partial charge in [-0.25, -0.2) is 13.4 Å². The van der Waals surface area contributed by atoms with Crippen molar-refractivity contribution in [2.75, 3.05) is 18.1 Å². The van der Waals surface area contributed by atoms with Gasteiger partial charge in [-0.05, 0) is 0 Å². The Morgan fingerprint density at radius 1 is 1.59 bits per heavy atom. The Labute approximate surface area is 104 Å². The minimum atomic E-state index is -3.05. The highest BCUT2D eigenvalue weighted by atomic mass is 32.2. The summed E-state index contributed by atoms with van der Waals surface area (Å²) < 4.78 is 22.4. The van der Waals surface area contributed by atoms with Gasteiger partial charge >= 0.3 is 0 Å². The predicted molar refractivity (Wildman–Crippen MR) is 66.7 cm³/mol. The zero-order valence-electron chi connectivity index (χ0n) is 9.47. The maximum absolute atomic E-state index is 11.5. The number of aromatic nitrogens is 1. The first-order valence-corrected chi connectivity index (χ1v) is 7.81. The monoisotopic (exact) mass is 277 g/mol. The number of rotatable bonds is 6. The van der Waals surface area contributed by atoms with Gasteiger partial charge in [0.25, 0.3) is 5.91 Å². The fraction of sp³-hybridized carbons (Fsp3) is 0.556. The van der Waals surface area contributed by atoms with Crippen LogP contribution < -0.4 is 11.1 Å². The van der Waals surface area contributed by atoms with Crippen LogP contribution in [0.25, 0.3) is 0 Å². The van der Waals surface area contributed by atoms with E-state index in [1.54, 1.807) is 12.3 Å². The fourth-order valence-electron chi connectivity index (χ4n) is 1.06. The number of hydrogen-bond donors (Lipinski definition) is 2. The number of nitrogens with one attached hydrogen (secondary N) is 1. The average Bonchev–Trinajstić information content (AvgIpc) is 2.77. The lowest BCUT2D eigenvalue weighted by atomic mass is 10.4. The van der Waals surface area contributed by atoms with Crippen molar-refractivity contribution in [1.29, 1.82) is 0 Å². The molecule has 0 spiro atoms. The Balaban J connectivity index is 2.45. The van der Waals surface area contributed by atoms with Crippen LogP contribution in [0.2, 0.25) is 0 Å². The number of amides is 1. The van der Waals surface area contributed by atoms with Gasteiger partial charge in [0.05, 0.1) is 5.75 Å². The van der Waals surface area contributed by atoms with E-state index in [-0.39, 0.29) is 29.7 Å². The normalized spacial score (nSPS) is 11.4. The summed E-state index contributed by atoms with van der Waals surface area (Å²) in [6.45, 7) is 1.97. The molecule has 0 atom stereocenters. The van der Waals surface area contributed by atoms with E-state index in [1.807, 2.05) is 0 Å². The van der Waals surface area contributed by atoms with Crippen LogP contribution in [0, 0.1) is 0 Å². The van der Waals surface area contributed by atoms with E-state index in [1.165, 1.54) is 11.3 Å². The van der Waals surface area contributed by atoms with Crippen LogP contribution in [-0.4, -0.2) is 37.4 Å². The van der Waals surface area contributed by atoms with E-state index in [2.05, 4.69) is 10.3 Å². The minimum absolute atomic E-state index is 0.0525. The van der Waals surface area contributed by atoms with Crippen molar-refractivity contribution in [1.82, 2.24) is 10.3 Å². The smallest absolute Gasteiger partial charge is 0.270 e. The molecule has 1 rings (SSSR count). The molecule has 0 aliphatic heterocycles. The molecule has 1 amide bonds.